The monoisotopic (exact) mass is 373 g/mol. The number of nitrogens with two attached hydrogens (primary N) is 2. The molecule has 1 unspecified atom stereocenters. The first-order chi connectivity index (χ1) is 12.1. The van der Waals surface area contributed by atoms with Gasteiger partial charge in [-0.05, 0) is 11.0 Å². The quantitative estimate of drug-likeness (QED) is 0.474. The number of non-ortho nitro benzene ring substituents is 1. The van der Waals surface area contributed by atoms with Crippen molar-refractivity contribution in [1.82, 2.24) is 0 Å². The minimum atomic E-state index is -0.583. The van der Waals surface area contributed by atoms with Gasteiger partial charge in [-0.1, -0.05) is 38.2 Å². The number of hydrogen-bond acceptors (Lipinski definition) is 6. The molecule has 0 saturated heterocycles. The van der Waals surface area contributed by atoms with Crippen LogP contribution < -0.4 is 11.5 Å². The molecular formula is C18H19N3O4S. The van der Waals surface area contributed by atoms with Gasteiger partial charge in [0.2, 0.25) is 0 Å². The number of Topliss-reactive ketones (excluding diaryl/α,β-unsaturated/α-hetero) is 1. The normalized spacial score (nSPS) is 21.9. The van der Waals surface area contributed by atoms with E-state index in [1.807, 2.05) is 13.8 Å². The molecule has 0 bridgehead atoms. The molecule has 0 spiro atoms. The molecule has 1 aromatic carbocycles. The highest BCUT2D eigenvalue weighted by atomic mass is 32.1. The Balaban J connectivity index is 2.17. The zero-order valence-electron chi connectivity index (χ0n) is 14.4. The number of carbonyl (C=O) groups excluding carboxylic acids is 1. The van der Waals surface area contributed by atoms with Gasteiger partial charge in [0.1, 0.15) is 10.7 Å². The summed E-state index contributed by atoms with van der Waals surface area (Å²) in [4.78, 5) is 23.4. The Hall–Kier alpha value is -2.74. The second-order valence-corrected chi connectivity index (χ2v) is 7.74. The highest BCUT2D eigenvalue weighted by Gasteiger charge is 2.43. The average Bonchev–Trinajstić information content (AvgIpc) is 2.51. The molecule has 1 aliphatic heterocycles. The van der Waals surface area contributed by atoms with Crippen molar-refractivity contribution >= 4 is 28.7 Å². The third-order valence-electron chi connectivity index (χ3n) is 4.66. The van der Waals surface area contributed by atoms with E-state index in [1.165, 1.54) is 12.1 Å². The molecule has 1 heterocycles. The van der Waals surface area contributed by atoms with Crippen LogP contribution in [0.2, 0.25) is 0 Å². The molecule has 26 heavy (non-hydrogen) atoms. The summed E-state index contributed by atoms with van der Waals surface area (Å²) in [7, 11) is 0. The van der Waals surface area contributed by atoms with Crippen LogP contribution >= 0.6 is 12.2 Å². The number of rotatable bonds is 3. The molecule has 0 saturated carbocycles. The molecule has 1 aliphatic carbocycles. The Morgan fingerprint density at radius 2 is 1.92 bits per heavy atom. The molecule has 0 fully saturated rings. The minimum Gasteiger partial charge on any atom is -0.445 e. The average molecular weight is 373 g/mol. The van der Waals surface area contributed by atoms with Gasteiger partial charge < -0.3 is 16.2 Å². The van der Waals surface area contributed by atoms with Gasteiger partial charge in [-0.25, -0.2) is 0 Å². The molecule has 7 nitrogen and oxygen atoms in total. The third kappa shape index (κ3) is 3.08. The largest absolute Gasteiger partial charge is 0.445 e. The lowest BCUT2D eigenvalue weighted by molar-refractivity contribution is -0.384. The molecule has 136 valence electrons. The van der Waals surface area contributed by atoms with Crippen LogP contribution in [-0.4, -0.2) is 15.7 Å². The van der Waals surface area contributed by atoms with E-state index in [4.69, 9.17) is 28.4 Å². The Labute approximate surface area is 155 Å². The van der Waals surface area contributed by atoms with Crippen molar-refractivity contribution < 1.29 is 14.5 Å². The Morgan fingerprint density at radius 1 is 1.31 bits per heavy atom. The number of benzene rings is 1. The summed E-state index contributed by atoms with van der Waals surface area (Å²) in [5.74, 6) is -0.0429. The van der Waals surface area contributed by atoms with E-state index in [0.717, 1.165) is 0 Å². The Bertz CT molecular complexity index is 884. The van der Waals surface area contributed by atoms with Crippen molar-refractivity contribution in [1.29, 1.82) is 0 Å². The molecule has 4 N–H and O–H groups in total. The SMILES string of the molecule is CC1(C)CC(=O)C2=C(C1)OC(N)=C(C(N)=S)C2c1ccc([N+](=O)[O-])cc1. The molecule has 1 aromatic rings. The van der Waals surface area contributed by atoms with Crippen molar-refractivity contribution in [2.75, 3.05) is 0 Å². The highest BCUT2D eigenvalue weighted by Crippen LogP contribution is 2.48. The van der Waals surface area contributed by atoms with E-state index in [2.05, 4.69) is 0 Å². The lowest BCUT2D eigenvalue weighted by Crippen LogP contribution is -2.36. The summed E-state index contributed by atoms with van der Waals surface area (Å²) in [5, 5.41) is 10.9. The first-order valence-electron chi connectivity index (χ1n) is 8.08. The number of allylic oxidation sites excluding steroid dienone is 2. The topological polar surface area (TPSA) is 121 Å². The number of nitro groups is 1. The summed E-state index contributed by atoms with van der Waals surface area (Å²) >= 11 is 5.13. The standard InChI is InChI=1S/C18H19N3O4S/c1-18(2)7-11(22)14-12(8-18)25-16(19)15(17(20)26)13(14)9-3-5-10(6-4-9)21(23)24/h3-6,13H,7-8,19H2,1-2H3,(H2,20,26). The second kappa shape index (κ2) is 6.21. The van der Waals surface area contributed by atoms with Crippen molar-refractivity contribution in [3.05, 3.63) is 62.7 Å². The van der Waals surface area contributed by atoms with Gasteiger partial charge in [0.05, 0.1) is 10.5 Å². The molecular weight excluding hydrogens is 354 g/mol. The van der Waals surface area contributed by atoms with Crippen LogP contribution in [0.25, 0.3) is 0 Å². The van der Waals surface area contributed by atoms with Crippen LogP contribution in [0.4, 0.5) is 5.69 Å². The summed E-state index contributed by atoms with van der Waals surface area (Å²) < 4.78 is 5.72. The van der Waals surface area contributed by atoms with Gasteiger partial charge in [0.15, 0.2) is 11.7 Å². The number of ether oxygens (including phenoxy) is 1. The van der Waals surface area contributed by atoms with Crippen LogP contribution in [0.15, 0.2) is 47.1 Å². The van der Waals surface area contributed by atoms with Gasteiger partial charge in [-0.2, -0.15) is 0 Å². The highest BCUT2D eigenvalue weighted by molar-refractivity contribution is 7.80. The van der Waals surface area contributed by atoms with Crippen molar-refractivity contribution in [3.63, 3.8) is 0 Å². The summed E-state index contributed by atoms with van der Waals surface area (Å²) in [6.45, 7) is 3.98. The van der Waals surface area contributed by atoms with E-state index in [9.17, 15) is 14.9 Å². The van der Waals surface area contributed by atoms with E-state index >= 15 is 0 Å². The zero-order chi connectivity index (χ0) is 19.2. The van der Waals surface area contributed by atoms with Crippen LogP contribution in [-0.2, 0) is 9.53 Å². The van der Waals surface area contributed by atoms with Gasteiger partial charge in [0, 0.05) is 36.5 Å². The van der Waals surface area contributed by atoms with E-state index in [0.29, 0.717) is 35.3 Å². The first kappa shape index (κ1) is 18.1. The first-order valence-corrected chi connectivity index (χ1v) is 8.49. The predicted molar refractivity (Wildman–Crippen MR) is 100.0 cm³/mol. The number of thiocarbonyl (C=S) groups is 1. The molecule has 2 aliphatic rings. The maximum atomic E-state index is 12.9. The summed E-state index contributed by atoms with van der Waals surface area (Å²) in [6.07, 6.45) is 0.923. The summed E-state index contributed by atoms with van der Waals surface area (Å²) in [6, 6.07) is 5.96. The number of ketones is 1. The number of nitrogens with zero attached hydrogens (tertiary/aromatic N) is 1. The van der Waals surface area contributed by atoms with E-state index in [-0.39, 0.29) is 27.8 Å². The van der Waals surface area contributed by atoms with Crippen LogP contribution in [0, 0.1) is 15.5 Å². The Kier molecular flexibility index (Phi) is 4.31. The maximum absolute atomic E-state index is 12.9. The molecule has 0 aromatic heterocycles. The number of nitro benzene ring substituents is 1. The Morgan fingerprint density at radius 3 is 2.46 bits per heavy atom. The lowest BCUT2D eigenvalue weighted by Gasteiger charge is -2.38. The maximum Gasteiger partial charge on any atom is 0.269 e. The van der Waals surface area contributed by atoms with Crippen molar-refractivity contribution in [3.8, 4) is 0 Å². The molecule has 1 atom stereocenters. The molecule has 0 radical (unpaired) electrons. The lowest BCUT2D eigenvalue weighted by atomic mass is 9.70. The fourth-order valence-corrected chi connectivity index (χ4v) is 3.77. The van der Waals surface area contributed by atoms with Gasteiger partial charge in [-0.3, -0.25) is 14.9 Å². The van der Waals surface area contributed by atoms with Crippen molar-refractivity contribution in [2.45, 2.75) is 32.6 Å². The molecule has 8 heteroatoms. The van der Waals surface area contributed by atoms with E-state index in [1.54, 1.807) is 12.1 Å². The molecule has 0 amide bonds. The third-order valence-corrected chi connectivity index (χ3v) is 4.88. The van der Waals surface area contributed by atoms with Crippen LogP contribution in [0.5, 0.6) is 0 Å². The number of carbonyl (C=O) groups is 1. The second-order valence-electron chi connectivity index (χ2n) is 7.30. The fourth-order valence-electron chi connectivity index (χ4n) is 3.55. The van der Waals surface area contributed by atoms with Crippen LogP contribution in [0.1, 0.15) is 38.2 Å². The van der Waals surface area contributed by atoms with Gasteiger partial charge in [-0.15, -0.1) is 0 Å². The summed E-state index contributed by atoms with van der Waals surface area (Å²) in [5.41, 5.74) is 13.1. The van der Waals surface area contributed by atoms with Gasteiger partial charge >= 0.3 is 0 Å². The number of hydrogen-bond donors (Lipinski definition) is 2. The van der Waals surface area contributed by atoms with Gasteiger partial charge in [0.25, 0.3) is 5.69 Å². The zero-order valence-corrected chi connectivity index (χ0v) is 15.3. The van der Waals surface area contributed by atoms with E-state index < -0.39 is 10.8 Å². The fraction of sp³-hybridized carbons (Fsp3) is 0.333. The smallest absolute Gasteiger partial charge is 0.269 e. The van der Waals surface area contributed by atoms with Crippen molar-refractivity contribution in [2.24, 2.45) is 16.9 Å². The van der Waals surface area contributed by atoms with Crippen LogP contribution in [0.3, 0.4) is 0 Å². The minimum absolute atomic E-state index is 0.0371. The predicted octanol–water partition coefficient (Wildman–Crippen LogP) is 2.81. The molecule has 3 rings (SSSR count).